The molecule has 8 heteroatoms. The van der Waals surface area contributed by atoms with Crippen LogP contribution in [-0.2, 0) is 24.2 Å². The van der Waals surface area contributed by atoms with Crippen molar-refractivity contribution in [1.29, 1.82) is 0 Å². The van der Waals surface area contributed by atoms with Crippen molar-refractivity contribution in [2.75, 3.05) is 19.9 Å². The quantitative estimate of drug-likeness (QED) is 0.445. The lowest BCUT2D eigenvalue weighted by atomic mass is 9.96. The first kappa shape index (κ1) is 20.0. The zero-order valence-electron chi connectivity index (χ0n) is 17.9. The third kappa shape index (κ3) is 3.30. The van der Waals surface area contributed by atoms with Crippen LogP contribution >= 0.6 is 0 Å². The molecule has 1 amide bonds. The fraction of sp³-hybridized carbons (Fsp3) is 0.280. The van der Waals surface area contributed by atoms with Gasteiger partial charge in [0, 0.05) is 29.3 Å². The summed E-state index contributed by atoms with van der Waals surface area (Å²) in [6, 6.07) is 14.1. The number of carbonyl (C=O) groups excluding carboxylic acids is 1. The molecule has 6 rings (SSSR count). The molecule has 0 saturated carbocycles. The zero-order chi connectivity index (χ0) is 22.5. The Balaban J connectivity index is 1.47. The summed E-state index contributed by atoms with van der Waals surface area (Å²) in [7, 11) is 0. The van der Waals surface area contributed by atoms with E-state index < -0.39 is 18.6 Å². The number of benzene rings is 2. The number of pyridine rings is 1. The van der Waals surface area contributed by atoms with E-state index in [9.17, 15) is 15.0 Å². The van der Waals surface area contributed by atoms with Crippen molar-refractivity contribution in [2.45, 2.75) is 25.5 Å². The maximum Gasteiger partial charge on any atom is 0.254 e. The summed E-state index contributed by atoms with van der Waals surface area (Å²) in [5.74, 6) is 0.999. The Morgan fingerprint density at radius 1 is 1.18 bits per heavy atom. The summed E-state index contributed by atoms with van der Waals surface area (Å²) in [6.45, 7) is 0.410. The maximum absolute atomic E-state index is 12.5. The number of rotatable bonds is 4. The highest BCUT2D eigenvalue weighted by Crippen LogP contribution is 2.37. The van der Waals surface area contributed by atoms with Crippen LogP contribution in [0.25, 0.3) is 21.8 Å². The van der Waals surface area contributed by atoms with Gasteiger partial charge in [-0.05, 0) is 35.7 Å². The van der Waals surface area contributed by atoms with Crippen molar-refractivity contribution in [1.82, 2.24) is 14.9 Å². The standard InChI is InChI=1S/C25H23N3O5/c29-12-20(30)25(31)28-8-7-16-19(11-28)26-18(9-14-5-6-21-22(10-14)33-13-32-21)24-23(16)15-3-1-2-4-17(15)27-24/h1-6,10,20,27,29-30H,7-9,11-13H2. The maximum atomic E-state index is 12.5. The first-order valence-electron chi connectivity index (χ1n) is 11.0. The molecule has 8 nitrogen and oxygen atoms in total. The number of fused-ring (bicyclic) bond motifs is 6. The number of carbonyl (C=O) groups is 1. The van der Waals surface area contributed by atoms with Crippen LogP contribution in [0.15, 0.2) is 42.5 Å². The molecule has 4 aromatic rings. The van der Waals surface area contributed by atoms with Gasteiger partial charge in [0.2, 0.25) is 6.79 Å². The fourth-order valence-corrected chi connectivity index (χ4v) is 4.86. The molecule has 0 spiro atoms. The van der Waals surface area contributed by atoms with E-state index in [1.807, 2.05) is 30.3 Å². The molecule has 0 aliphatic carbocycles. The van der Waals surface area contributed by atoms with Crippen molar-refractivity contribution in [3.05, 3.63) is 65.0 Å². The molecule has 1 unspecified atom stereocenters. The predicted molar refractivity (Wildman–Crippen MR) is 121 cm³/mol. The Kier molecular flexibility index (Phi) is 4.70. The van der Waals surface area contributed by atoms with E-state index >= 15 is 0 Å². The van der Waals surface area contributed by atoms with Crippen LogP contribution in [0.4, 0.5) is 0 Å². The molecule has 0 fully saturated rings. The van der Waals surface area contributed by atoms with Gasteiger partial charge in [-0.25, -0.2) is 0 Å². The minimum absolute atomic E-state index is 0.228. The van der Waals surface area contributed by atoms with E-state index in [1.54, 1.807) is 4.90 Å². The molecule has 3 N–H and O–H groups in total. The summed E-state index contributed by atoms with van der Waals surface area (Å²) < 4.78 is 11.0. The van der Waals surface area contributed by atoms with Crippen LogP contribution in [0.2, 0.25) is 0 Å². The SMILES string of the molecule is O=C(C(O)CO)N1CCc2c(nc(Cc3ccc4c(c3)OCO4)c3[nH]c4ccccc4c23)C1. The number of aliphatic hydroxyl groups is 2. The average molecular weight is 445 g/mol. The largest absolute Gasteiger partial charge is 0.454 e. The van der Waals surface area contributed by atoms with Gasteiger partial charge in [-0.15, -0.1) is 0 Å². The number of H-pyrrole nitrogens is 1. The van der Waals surface area contributed by atoms with Gasteiger partial charge in [0.25, 0.3) is 5.91 Å². The van der Waals surface area contributed by atoms with Crippen molar-refractivity contribution in [3.63, 3.8) is 0 Å². The number of amides is 1. The number of hydrogen-bond donors (Lipinski definition) is 3. The second kappa shape index (κ2) is 7.75. The first-order chi connectivity index (χ1) is 16.1. The van der Waals surface area contributed by atoms with Gasteiger partial charge in [-0.3, -0.25) is 9.78 Å². The Hall–Kier alpha value is -3.62. The summed E-state index contributed by atoms with van der Waals surface area (Å²) in [5.41, 5.74) is 5.93. The monoisotopic (exact) mass is 445 g/mol. The lowest BCUT2D eigenvalue weighted by Gasteiger charge is -2.30. The molecular weight excluding hydrogens is 422 g/mol. The number of aromatic amines is 1. The van der Waals surface area contributed by atoms with Crippen LogP contribution in [0.3, 0.4) is 0 Å². The number of aromatic nitrogens is 2. The van der Waals surface area contributed by atoms with Gasteiger partial charge in [0.05, 0.1) is 30.1 Å². The topological polar surface area (TPSA) is 108 Å². The molecular formula is C25H23N3O5. The van der Waals surface area contributed by atoms with E-state index in [4.69, 9.17) is 14.5 Å². The minimum Gasteiger partial charge on any atom is -0.454 e. The Morgan fingerprint density at radius 2 is 2.03 bits per heavy atom. The van der Waals surface area contributed by atoms with Gasteiger partial charge >= 0.3 is 0 Å². The molecule has 0 bridgehead atoms. The molecule has 1 atom stereocenters. The lowest BCUT2D eigenvalue weighted by Crippen LogP contribution is -2.43. The number of para-hydroxylation sites is 1. The molecule has 0 radical (unpaired) electrons. The average Bonchev–Trinajstić information content (AvgIpc) is 3.47. The van der Waals surface area contributed by atoms with Crippen molar-refractivity contribution >= 4 is 27.7 Å². The van der Waals surface area contributed by atoms with Gasteiger partial charge in [-0.2, -0.15) is 0 Å². The first-order valence-corrected chi connectivity index (χ1v) is 11.0. The predicted octanol–water partition coefficient (Wildman–Crippen LogP) is 2.27. The van der Waals surface area contributed by atoms with Crippen LogP contribution in [0.1, 0.15) is 22.5 Å². The molecule has 2 aliphatic heterocycles. The zero-order valence-corrected chi connectivity index (χ0v) is 17.9. The van der Waals surface area contributed by atoms with Gasteiger partial charge in [0.1, 0.15) is 0 Å². The van der Waals surface area contributed by atoms with Gasteiger partial charge < -0.3 is 29.6 Å². The van der Waals surface area contributed by atoms with E-state index in [1.165, 1.54) is 0 Å². The second-order valence-corrected chi connectivity index (χ2v) is 8.48. The second-order valence-electron chi connectivity index (χ2n) is 8.48. The Labute approximate surface area is 189 Å². The third-order valence-electron chi connectivity index (χ3n) is 6.47. The molecule has 33 heavy (non-hydrogen) atoms. The number of aliphatic hydroxyl groups excluding tert-OH is 2. The number of hydrogen-bond acceptors (Lipinski definition) is 6. The minimum atomic E-state index is -1.41. The summed E-state index contributed by atoms with van der Waals surface area (Å²) >= 11 is 0. The normalized spacial score (nSPS) is 15.8. The number of nitrogens with one attached hydrogen (secondary N) is 1. The lowest BCUT2D eigenvalue weighted by molar-refractivity contribution is -0.143. The number of nitrogens with zero attached hydrogens (tertiary/aromatic N) is 2. The molecule has 2 aromatic carbocycles. The van der Waals surface area contributed by atoms with E-state index in [2.05, 4.69) is 17.1 Å². The van der Waals surface area contributed by atoms with Gasteiger partial charge in [-0.1, -0.05) is 24.3 Å². The van der Waals surface area contributed by atoms with Crippen molar-refractivity contribution in [3.8, 4) is 11.5 Å². The van der Waals surface area contributed by atoms with E-state index in [-0.39, 0.29) is 6.79 Å². The Bertz CT molecular complexity index is 1400. The Morgan fingerprint density at radius 3 is 2.91 bits per heavy atom. The molecule has 2 aliphatic rings. The molecule has 0 saturated heterocycles. The highest BCUT2D eigenvalue weighted by atomic mass is 16.7. The fourth-order valence-electron chi connectivity index (χ4n) is 4.86. The summed E-state index contributed by atoms with van der Waals surface area (Å²) in [5, 5.41) is 21.3. The molecule has 2 aromatic heterocycles. The van der Waals surface area contributed by atoms with Crippen LogP contribution < -0.4 is 9.47 Å². The van der Waals surface area contributed by atoms with E-state index in [0.29, 0.717) is 25.9 Å². The summed E-state index contributed by atoms with van der Waals surface area (Å²) in [4.78, 5) is 22.6. The van der Waals surface area contributed by atoms with Gasteiger partial charge in [0.15, 0.2) is 17.6 Å². The molecule has 168 valence electrons. The van der Waals surface area contributed by atoms with Crippen LogP contribution in [0, 0.1) is 0 Å². The number of ether oxygens (including phenoxy) is 2. The van der Waals surface area contributed by atoms with E-state index in [0.717, 1.165) is 55.8 Å². The highest BCUT2D eigenvalue weighted by molar-refractivity contribution is 6.10. The van der Waals surface area contributed by atoms with Crippen LogP contribution in [-0.4, -0.2) is 57.0 Å². The summed E-state index contributed by atoms with van der Waals surface area (Å²) in [6.07, 6.45) is -0.188. The van der Waals surface area contributed by atoms with Crippen LogP contribution in [0.5, 0.6) is 11.5 Å². The smallest absolute Gasteiger partial charge is 0.254 e. The molecule has 4 heterocycles. The van der Waals surface area contributed by atoms with Crippen molar-refractivity contribution in [2.24, 2.45) is 0 Å². The van der Waals surface area contributed by atoms with Crippen molar-refractivity contribution < 1.29 is 24.5 Å². The third-order valence-corrected chi connectivity index (χ3v) is 6.47. The highest BCUT2D eigenvalue weighted by Gasteiger charge is 2.29.